The van der Waals surface area contributed by atoms with E-state index in [0.717, 1.165) is 28.1 Å². The van der Waals surface area contributed by atoms with Crippen LogP contribution in [0, 0.1) is 0 Å². The summed E-state index contributed by atoms with van der Waals surface area (Å²) >= 11 is 0. The van der Waals surface area contributed by atoms with Gasteiger partial charge in [0.1, 0.15) is 11.4 Å². The molecular formula is C22H18N2O3. The predicted octanol–water partition coefficient (Wildman–Crippen LogP) is 4.30. The zero-order valence-electron chi connectivity index (χ0n) is 14.8. The van der Waals surface area contributed by atoms with E-state index in [1.54, 1.807) is 7.11 Å². The first kappa shape index (κ1) is 16.8. The summed E-state index contributed by atoms with van der Waals surface area (Å²) < 4.78 is 7.06. The van der Waals surface area contributed by atoms with Crippen molar-refractivity contribution in [2.75, 3.05) is 7.11 Å². The molecule has 0 aliphatic rings. The fraction of sp³-hybridized carbons (Fsp3) is 0.0909. The summed E-state index contributed by atoms with van der Waals surface area (Å²) in [6, 6.07) is 21.4. The molecule has 0 radical (unpaired) electrons. The Balaban J connectivity index is 1.85. The lowest BCUT2D eigenvalue weighted by atomic mass is 10.1. The van der Waals surface area contributed by atoms with E-state index in [1.807, 2.05) is 77.3 Å². The second-order valence-electron chi connectivity index (χ2n) is 6.22. The quantitative estimate of drug-likeness (QED) is 0.578. The molecule has 0 aliphatic heterocycles. The van der Waals surface area contributed by atoms with Crippen LogP contribution in [0.2, 0.25) is 0 Å². The molecule has 0 saturated carbocycles. The van der Waals surface area contributed by atoms with Gasteiger partial charge in [0.25, 0.3) is 0 Å². The molecule has 0 unspecified atom stereocenters. The lowest BCUT2D eigenvalue weighted by molar-refractivity contribution is -0.136. The van der Waals surface area contributed by atoms with Gasteiger partial charge in [-0.15, -0.1) is 0 Å². The Labute approximate surface area is 156 Å². The molecule has 2 heterocycles. The number of carboxylic acids is 1. The lowest BCUT2D eigenvalue weighted by Crippen LogP contribution is -2.04. The molecule has 5 heteroatoms. The Hall–Kier alpha value is -3.60. The normalized spacial score (nSPS) is 10.9. The topological polar surface area (TPSA) is 63.8 Å². The first-order valence-electron chi connectivity index (χ1n) is 8.58. The second-order valence-corrected chi connectivity index (χ2v) is 6.22. The van der Waals surface area contributed by atoms with E-state index in [9.17, 15) is 9.90 Å². The maximum atomic E-state index is 11.4. The number of aliphatic carboxylic acids is 1. The Kier molecular flexibility index (Phi) is 4.34. The monoisotopic (exact) mass is 358 g/mol. The maximum Gasteiger partial charge on any atom is 0.309 e. The van der Waals surface area contributed by atoms with Crippen molar-refractivity contribution in [3.8, 4) is 28.1 Å². The molecule has 1 N–H and O–H groups in total. The molecule has 0 bridgehead atoms. The van der Waals surface area contributed by atoms with Crippen molar-refractivity contribution < 1.29 is 14.6 Å². The zero-order chi connectivity index (χ0) is 18.8. The number of nitrogens with zero attached hydrogens (tertiary/aromatic N) is 2. The lowest BCUT2D eigenvalue weighted by Gasteiger charge is -2.06. The maximum absolute atomic E-state index is 11.4. The molecule has 2 aromatic carbocycles. The van der Waals surface area contributed by atoms with E-state index in [-0.39, 0.29) is 6.42 Å². The highest BCUT2D eigenvalue weighted by Crippen LogP contribution is 2.28. The number of methoxy groups -OCH3 is 1. The van der Waals surface area contributed by atoms with Gasteiger partial charge in [-0.1, -0.05) is 42.5 Å². The Morgan fingerprint density at radius 2 is 1.74 bits per heavy atom. The largest absolute Gasteiger partial charge is 0.497 e. The first-order chi connectivity index (χ1) is 13.2. The molecule has 2 aromatic heterocycles. The number of fused-ring (bicyclic) bond motifs is 1. The molecule has 0 atom stereocenters. The fourth-order valence-electron chi connectivity index (χ4n) is 3.20. The minimum absolute atomic E-state index is 0.0900. The van der Waals surface area contributed by atoms with E-state index in [4.69, 9.17) is 9.72 Å². The zero-order valence-corrected chi connectivity index (χ0v) is 14.8. The number of pyridine rings is 1. The molecule has 4 aromatic rings. The molecule has 27 heavy (non-hydrogen) atoms. The van der Waals surface area contributed by atoms with Gasteiger partial charge in [-0.3, -0.25) is 4.79 Å². The van der Waals surface area contributed by atoms with Crippen LogP contribution in [-0.2, 0) is 11.2 Å². The average Bonchev–Trinajstić information content (AvgIpc) is 3.06. The van der Waals surface area contributed by atoms with E-state index < -0.39 is 5.97 Å². The van der Waals surface area contributed by atoms with Crippen molar-refractivity contribution in [3.63, 3.8) is 0 Å². The number of carboxylic acid groups (broad SMARTS) is 1. The minimum atomic E-state index is -0.881. The van der Waals surface area contributed by atoms with E-state index in [1.165, 1.54) is 0 Å². The number of aromatic nitrogens is 2. The summed E-state index contributed by atoms with van der Waals surface area (Å²) in [6.07, 6.45) is 1.79. The van der Waals surface area contributed by atoms with Crippen molar-refractivity contribution in [2.45, 2.75) is 6.42 Å². The third-order valence-electron chi connectivity index (χ3n) is 4.51. The summed E-state index contributed by atoms with van der Waals surface area (Å²) in [5.41, 5.74) is 5.05. The molecule has 0 amide bonds. The molecule has 0 spiro atoms. The first-order valence-corrected chi connectivity index (χ1v) is 8.58. The number of hydrogen-bond acceptors (Lipinski definition) is 3. The van der Waals surface area contributed by atoms with Crippen LogP contribution in [-0.4, -0.2) is 27.6 Å². The van der Waals surface area contributed by atoms with Crippen LogP contribution in [0.5, 0.6) is 5.75 Å². The molecule has 4 rings (SSSR count). The van der Waals surface area contributed by atoms with Gasteiger partial charge in [0.15, 0.2) is 0 Å². The van der Waals surface area contributed by atoms with Crippen molar-refractivity contribution in [3.05, 3.63) is 78.6 Å². The second kappa shape index (κ2) is 6.96. The summed E-state index contributed by atoms with van der Waals surface area (Å²) in [5, 5.41) is 9.35. The molecule has 0 aliphatic carbocycles. The Bertz CT molecular complexity index is 1100. The smallest absolute Gasteiger partial charge is 0.309 e. The van der Waals surface area contributed by atoms with Crippen molar-refractivity contribution in [1.82, 2.24) is 9.38 Å². The third-order valence-corrected chi connectivity index (χ3v) is 4.51. The Morgan fingerprint density at radius 3 is 2.41 bits per heavy atom. The molecular weight excluding hydrogens is 340 g/mol. The summed E-state index contributed by atoms with van der Waals surface area (Å²) in [6.45, 7) is 0. The van der Waals surface area contributed by atoms with Gasteiger partial charge in [0.05, 0.1) is 24.9 Å². The van der Waals surface area contributed by atoms with Crippen molar-refractivity contribution in [2.24, 2.45) is 0 Å². The highest BCUT2D eigenvalue weighted by Gasteiger charge is 2.17. The van der Waals surface area contributed by atoms with Crippen LogP contribution in [0.3, 0.4) is 0 Å². The fourth-order valence-corrected chi connectivity index (χ4v) is 3.20. The number of benzene rings is 2. The minimum Gasteiger partial charge on any atom is -0.497 e. The SMILES string of the molecule is COc1ccc(-c2ccn3c(CC(=O)O)c(-c4ccccc4)nc3c2)cc1. The van der Waals surface area contributed by atoms with Gasteiger partial charge in [-0.05, 0) is 35.4 Å². The average molecular weight is 358 g/mol. The van der Waals surface area contributed by atoms with Gasteiger partial charge >= 0.3 is 5.97 Å². The summed E-state index contributed by atoms with van der Waals surface area (Å²) in [4.78, 5) is 16.1. The number of carbonyl (C=O) groups is 1. The van der Waals surface area contributed by atoms with Gasteiger partial charge in [0.2, 0.25) is 0 Å². The van der Waals surface area contributed by atoms with E-state index in [0.29, 0.717) is 11.4 Å². The van der Waals surface area contributed by atoms with Crippen molar-refractivity contribution >= 4 is 11.6 Å². The van der Waals surface area contributed by atoms with Crippen LogP contribution in [0.15, 0.2) is 72.9 Å². The van der Waals surface area contributed by atoms with Gasteiger partial charge in [-0.2, -0.15) is 0 Å². The molecule has 5 nitrogen and oxygen atoms in total. The summed E-state index contributed by atoms with van der Waals surface area (Å²) in [7, 11) is 1.64. The van der Waals surface area contributed by atoms with Crippen LogP contribution in [0.4, 0.5) is 0 Å². The Morgan fingerprint density at radius 1 is 1.00 bits per heavy atom. The third kappa shape index (κ3) is 3.27. The van der Waals surface area contributed by atoms with Crippen LogP contribution in [0.25, 0.3) is 28.0 Å². The number of imidazole rings is 1. The molecule has 0 saturated heterocycles. The predicted molar refractivity (Wildman–Crippen MR) is 104 cm³/mol. The van der Waals surface area contributed by atoms with E-state index in [2.05, 4.69) is 0 Å². The number of ether oxygens (including phenoxy) is 1. The van der Waals surface area contributed by atoms with E-state index >= 15 is 0 Å². The van der Waals surface area contributed by atoms with Gasteiger partial charge in [-0.25, -0.2) is 4.98 Å². The van der Waals surface area contributed by atoms with Crippen molar-refractivity contribution in [1.29, 1.82) is 0 Å². The van der Waals surface area contributed by atoms with Crippen LogP contribution in [0.1, 0.15) is 5.69 Å². The number of hydrogen-bond donors (Lipinski definition) is 1. The number of rotatable bonds is 5. The highest BCUT2D eigenvalue weighted by molar-refractivity contribution is 5.77. The standard InChI is InChI=1S/C22H18N2O3/c1-27-18-9-7-15(8-10-18)17-11-12-24-19(14-21(25)26)22(23-20(24)13-17)16-5-3-2-4-6-16/h2-13H,14H2,1H3,(H,25,26). The summed E-state index contributed by atoms with van der Waals surface area (Å²) in [5.74, 6) is -0.0797. The van der Waals surface area contributed by atoms with Crippen LogP contribution >= 0.6 is 0 Å². The molecule has 134 valence electrons. The van der Waals surface area contributed by atoms with Gasteiger partial charge < -0.3 is 14.2 Å². The van der Waals surface area contributed by atoms with Gasteiger partial charge in [0, 0.05) is 11.8 Å². The van der Waals surface area contributed by atoms with Crippen LogP contribution < -0.4 is 4.74 Å². The molecule has 0 fully saturated rings. The highest BCUT2D eigenvalue weighted by atomic mass is 16.5.